The highest BCUT2D eigenvalue weighted by Crippen LogP contribution is 2.27. The number of sulfonamides is 1. The summed E-state index contributed by atoms with van der Waals surface area (Å²) in [5, 5.41) is 2.22. The number of hydrogen-bond acceptors (Lipinski definition) is 4. The van der Waals surface area contributed by atoms with Gasteiger partial charge in [-0.15, -0.1) is 0 Å². The molecule has 0 aliphatic carbocycles. The number of amides is 1. The predicted molar refractivity (Wildman–Crippen MR) is 132 cm³/mol. The van der Waals surface area contributed by atoms with Gasteiger partial charge in [-0.3, -0.25) is 9.52 Å². The minimum Gasteiger partial charge on any atom is -0.319 e. The highest BCUT2D eigenvalue weighted by Gasteiger charge is 2.15. The van der Waals surface area contributed by atoms with Crippen LogP contribution in [0.25, 0.3) is 21.0 Å². The van der Waals surface area contributed by atoms with Crippen molar-refractivity contribution in [1.82, 2.24) is 4.57 Å². The largest absolute Gasteiger partial charge is 0.319 e. The fraction of sp³-hybridized carbons (Fsp3) is 0.0400. The summed E-state index contributed by atoms with van der Waals surface area (Å²) in [5.74, 6) is -0.954. The molecular weight excluding hydrogens is 473 g/mol. The first-order chi connectivity index (χ1) is 16.3. The Bertz CT molecular complexity index is 1720. The minimum absolute atomic E-state index is 0.0613. The molecule has 0 bridgehead atoms. The van der Waals surface area contributed by atoms with Gasteiger partial charge >= 0.3 is 0 Å². The van der Waals surface area contributed by atoms with E-state index < -0.39 is 21.7 Å². The van der Waals surface area contributed by atoms with Crippen molar-refractivity contribution >= 4 is 53.9 Å². The van der Waals surface area contributed by atoms with E-state index in [1.54, 1.807) is 0 Å². The molecule has 0 saturated heterocycles. The molecule has 9 heteroatoms. The summed E-state index contributed by atoms with van der Waals surface area (Å²) >= 11 is 1.44. The first-order valence-corrected chi connectivity index (χ1v) is 12.6. The van der Waals surface area contributed by atoms with Crippen molar-refractivity contribution in [1.29, 1.82) is 0 Å². The lowest BCUT2D eigenvalue weighted by Gasteiger charge is -2.08. The molecule has 6 nitrogen and oxygen atoms in total. The number of rotatable bonds is 4. The molecule has 0 unspecified atom stereocenters. The standard InChI is InChI=1S/C25H18FN3O3S2/c1-29-22-15-8-16-4-2-3-5-21(16)23(22)33-25(29)27-24(30)17-6-11-19(12-7-17)28-34(31,32)20-13-9-18(26)10-14-20/h2-15,28H,1H3. The summed E-state index contributed by atoms with van der Waals surface area (Å²) < 4.78 is 43.4. The van der Waals surface area contributed by atoms with Gasteiger partial charge in [0.15, 0.2) is 4.80 Å². The average Bonchev–Trinajstić information content (AvgIpc) is 3.15. The Morgan fingerprint density at radius 3 is 2.38 bits per heavy atom. The number of nitrogens with zero attached hydrogens (tertiary/aromatic N) is 2. The van der Waals surface area contributed by atoms with Crippen molar-refractivity contribution in [3.05, 3.63) is 101 Å². The summed E-state index contributed by atoms with van der Waals surface area (Å²) in [6.45, 7) is 0. The molecule has 5 aromatic rings. The van der Waals surface area contributed by atoms with Crippen LogP contribution in [0.15, 0.2) is 94.8 Å². The lowest BCUT2D eigenvalue weighted by molar-refractivity contribution is 0.0998. The van der Waals surface area contributed by atoms with Gasteiger partial charge in [-0.2, -0.15) is 4.99 Å². The zero-order valence-corrected chi connectivity index (χ0v) is 19.5. The number of carbonyl (C=O) groups is 1. The fourth-order valence-electron chi connectivity index (χ4n) is 3.62. The Morgan fingerprint density at radius 2 is 1.65 bits per heavy atom. The number of anilines is 1. The second-order valence-corrected chi connectivity index (χ2v) is 10.3. The van der Waals surface area contributed by atoms with Gasteiger partial charge in [-0.05, 0) is 60.0 Å². The van der Waals surface area contributed by atoms with Crippen LogP contribution in [0.5, 0.6) is 0 Å². The number of carbonyl (C=O) groups excluding carboxylic acids is 1. The summed E-state index contributed by atoms with van der Waals surface area (Å²) in [6, 6.07) is 22.6. The van der Waals surface area contributed by atoms with E-state index in [1.807, 2.05) is 48.0 Å². The molecule has 0 fully saturated rings. The molecule has 0 aliphatic rings. The normalized spacial score (nSPS) is 12.4. The number of aromatic nitrogens is 1. The molecular formula is C25H18FN3O3S2. The molecule has 1 heterocycles. The Balaban J connectivity index is 1.42. The minimum atomic E-state index is -3.88. The molecule has 0 saturated carbocycles. The van der Waals surface area contributed by atoms with Gasteiger partial charge in [0.05, 0.1) is 15.1 Å². The Kier molecular flexibility index (Phi) is 5.51. The fourth-order valence-corrected chi connectivity index (χ4v) is 5.83. The quantitative estimate of drug-likeness (QED) is 0.381. The Labute approximate surface area is 198 Å². The summed E-state index contributed by atoms with van der Waals surface area (Å²) in [4.78, 5) is 17.6. The maximum Gasteiger partial charge on any atom is 0.279 e. The number of fused-ring (bicyclic) bond motifs is 3. The van der Waals surface area contributed by atoms with Gasteiger partial charge in [0.1, 0.15) is 5.82 Å². The smallest absolute Gasteiger partial charge is 0.279 e. The van der Waals surface area contributed by atoms with Crippen LogP contribution < -0.4 is 9.52 Å². The van der Waals surface area contributed by atoms with Crippen LogP contribution in [0.4, 0.5) is 10.1 Å². The van der Waals surface area contributed by atoms with Crippen LogP contribution in [0.1, 0.15) is 10.4 Å². The summed E-state index contributed by atoms with van der Waals surface area (Å²) in [5.41, 5.74) is 1.59. The maximum absolute atomic E-state index is 13.1. The lowest BCUT2D eigenvalue weighted by Crippen LogP contribution is -2.14. The third kappa shape index (κ3) is 4.11. The third-order valence-corrected chi connectivity index (χ3v) is 7.98. The van der Waals surface area contributed by atoms with E-state index in [-0.39, 0.29) is 10.6 Å². The molecule has 0 radical (unpaired) electrons. The van der Waals surface area contributed by atoms with Gasteiger partial charge in [-0.25, -0.2) is 12.8 Å². The van der Waals surface area contributed by atoms with Crippen LogP contribution in [-0.4, -0.2) is 18.9 Å². The maximum atomic E-state index is 13.1. The van der Waals surface area contributed by atoms with Crippen molar-refractivity contribution in [2.24, 2.45) is 12.0 Å². The van der Waals surface area contributed by atoms with Crippen LogP contribution in [0.2, 0.25) is 0 Å². The van der Waals surface area contributed by atoms with E-state index in [2.05, 4.69) is 9.71 Å². The zero-order chi connectivity index (χ0) is 23.9. The number of nitrogens with one attached hydrogen (secondary N) is 1. The molecule has 0 spiro atoms. The van der Waals surface area contributed by atoms with Crippen LogP contribution in [0.3, 0.4) is 0 Å². The van der Waals surface area contributed by atoms with E-state index in [9.17, 15) is 17.6 Å². The number of benzene rings is 4. The van der Waals surface area contributed by atoms with E-state index in [4.69, 9.17) is 0 Å². The van der Waals surface area contributed by atoms with Crippen molar-refractivity contribution in [3.63, 3.8) is 0 Å². The van der Waals surface area contributed by atoms with E-state index in [0.717, 1.165) is 33.1 Å². The van der Waals surface area contributed by atoms with Gasteiger partial charge in [-0.1, -0.05) is 41.7 Å². The van der Waals surface area contributed by atoms with E-state index in [0.29, 0.717) is 10.4 Å². The van der Waals surface area contributed by atoms with Crippen LogP contribution >= 0.6 is 11.3 Å². The van der Waals surface area contributed by atoms with Gasteiger partial charge in [0.25, 0.3) is 15.9 Å². The molecule has 5 rings (SSSR count). The van der Waals surface area contributed by atoms with Crippen LogP contribution in [-0.2, 0) is 17.1 Å². The number of thiazole rings is 1. The van der Waals surface area contributed by atoms with Crippen molar-refractivity contribution in [2.45, 2.75) is 4.90 Å². The average molecular weight is 492 g/mol. The topological polar surface area (TPSA) is 80.5 Å². The number of aryl methyl sites for hydroxylation is 1. The first kappa shape index (κ1) is 22.0. The predicted octanol–water partition coefficient (Wildman–Crippen LogP) is 5.07. The molecule has 0 atom stereocenters. The summed E-state index contributed by atoms with van der Waals surface area (Å²) in [7, 11) is -2.01. The molecule has 1 aromatic heterocycles. The first-order valence-electron chi connectivity index (χ1n) is 10.3. The number of halogens is 1. The Morgan fingerprint density at radius 1 is 0.941 bits per heavy atom. The van der Waals surface area contributed by atoms with Crippen molar-refractivity contribution < 1.29 is 17.6 Å². The zero-order valence-electron chi connectivity index (χ0n) is 17.9. The molecule has 4 aromatic carbocycles. The van der Waals surface area contributed by atoms with E-state index >= 15 is 0 Å². The van der Waals surface area contributed by atoms with Gasteiger partial charge in [0, 0.05) is 23.7 Å². The third-order valence-electron chi connectivity index (χ3n) is 5.41. The van der Waals surface area contributed by atoms with E-state index in [1.165, 1.54) is 47.7 Å². The molecule has 1 N–H and O–H groups in total. The monoisotopic (exact) mass is 491 g/mol. The SMILES string of the molecule is Cn1c(=NC(=O)c2ccc(NS(=O)(=O)c3ccc(F)cc3)cc2)sc2c3ccccc3ccc21. The highest BCUT2D eigenvalue weighted by atomic mass is 32.2. The second-order valence-electron chi connectivity index (χ2n) is 7.63. The van der Waals surface area contributed by atoms with Gasteiger partial charge in [0.2, 0.25) is 0 Å². The Hall–Kier alpha value is -3.82. The highest BCUT2D eigenvalue weighted by molar-refractivity contribution is 7.92. The van der Waals surface area contributed by atoms with Crippen molar-refractivity contribution in [2.75, 3.05) is 4.72 Å². The number of hydrogen-bond donors (Lipinski definition) is 1. The second kappa shape index (κ2) is 8.51. The van der Waals surface area contributed by atoms with Gasteiger partial charge < -0.3 is 4.57 Å². The molecule has 170 valence electrons. The lowest BCUT2D eigenvalue weighted by atomic mass is 10.1. The van der Waals surface area contributed by atoms with Crippen molar-refractivity contribution in [3.8, 4) is 0 Å². The molecule has 1 amide bonds. The summed E-state index contributed by atoms with van der Waals surface area (Å²) in [6.07, 6.45) is 0. The molecule has 34 heavy (non-hydrogen) atoms. The van der Waals surface area contributed by atoms with Crippen LogP contribution in [0, 0.1) is 5.82 Å². The molecule has 0 aliphatic heterocycles.